The third-order valence-corrected chi connectivity index (χ3v) is 20.2. The molecule has 1 aromatic rings. The summed E-state index contributed by atoms with van der Waals surface area (Å²) in [7, 11) is -2.88. The summed E-state index contributed by atoms with van der Waals surface area (Å²) in [6.45, 7) is 22.9. The highest BCUT2D eigenvalue weighted by molar-refractivity contribution is 7.91. The molecule has 7 aliphatic rings. The molecule has 320 valence electrons. The van der Waals surface area contributed by atoms with Crippen LogP contribution in [0.25, 0.3) is 0 Å². The summed E-state index contributed by atoms with van der Waals surface area (Å²) >= 11 is 0. The molecule has 0 spiro atoms. The first kappa shape index (κ1) is 42.1. The van der Waals surface area contributed by atoms with Gasteiger partial charge in [0.25, 0.3) is 0 Å². The van der Waals surface area contributed by atoms with Crippen molar-refractivity contribution >= 4 is 15.8 Å². The van der Waals surface area contributed by atoms with Gasteiger partial charge in [0, 0.05) is 37.8 Å². The van der Waals surface area contributed by atoms with Crippen molar-refractivity contribution in [1.29, 1.82) is 0 Å². The molecule has 0 amide bonds. The highest BCUT2D eigenvalue weighted by Gasteiger charge is 2.70. The Morgan fingerprint density at radius 3 is 2.40 bits per heavy atom. The molecule has 4 saturated carbocycles. The number of carboxylic acid groups (broad SMARTS) is 1. The topological polar surface area (TPSA) is 109 Å². The van der Waals surface area contributed by atoms with E-state index < -0.39 is 27.2 Å². The summed E-state index contributed by atoms with van der Waals surface area (Å²) in [4.78, 5) is 18.8. The highest BCUT2D eigenvalue weighted by atomic mass is 32.2. The molecule has 0 radical (unpaired) electrons. The van der Waals surface area contributed by atoms with Gasteiger partial charge in [-0.25, -0.2) is 8.42 Å². The number of nitrogens with zero attached hydrogens (tertiary/aromatic N) is 2. The summed E-state index contributed by atoms with van der Waals surface area (Å²) in [6, 6.07) is 4.35. The predicted molar refractivity (Wildman–Crippen MR) is 228 cm³/mol. The first-order valence-electron chi connectivity index (χ1n) is 22.5. The van der Waals surface area contributed by atoms with Crippen LogP contribution in [0.15, 0.2) is 53.6 Å². The number of hydrogen-bond donors (Lipinski definition) is 2. The second kappa shape index (κ2) is 14.8. The van der Waals surface area contributed by atoms with Crippen molar-refractivity contribution < 1.29 is 27.4 Å². The van der Waals surface area contributed by atoms with E-state index in [1.807, 2.05) is 0 Å². The van der Waals surface area contributed by atoms with Crippen LogP contribution in [0.1, 0.15) is 119 Å². The van der Waals surface area contributed by atoms with Crippen molar-refractivity contribution in [2.24, 2.45) is 56.7 Å². The number of fused-ring (bicyclic) bond motifs is 7. The van der Waals surface area contributed by atoms with E-state index in [0.717, 1.165) is 19.5 Å². The Hall–Kier alpha value is -2.56. The maximum atomic E-state index is 13.7. The molecule has 1 aliphatic heterocycles. The Labute approximate surface area is 347 Å². The van der Waals surface area contributed by atoms with Gasteiger partial charge in [0.2, 0.25) is 11.8 Å². The number of sulfone groups is 1. The van der Waals surface area contributed by atoms with Gasteiger partial charge in [-0.3, -0.25) is 4.79 Å². The van der Waals surface area contributed by atoms with Crippen molar-refractivity contribution in [1.82, 2.24) is 15.2 Å². The van der Waals surface area contributed by atoms with Crippen molar-refractivity contribution in [3.05, 3.63) is 59.6 Å². The lowest BCUT2D eigenvalue weighted by molar-refractivity contribution is -0.221. The standard InChI is InChI=1S/C48H70FN3O5S/c1-32(2)34-15-22-48(50-25-26-52-27-29-58(55,56)30-28-52)24-23-45(6)36(41(34)48)11-12-38-44(5)18-16-35(43(3,4)37(44)17-19-46(38,45)7)33-13-20-47(21-14-33,42(53)54)31-57-40-10-8-9-39(49)51-40/h8-10,13,16,34,36-38,41,50H,1,11-12,14-15,17-31H2,2-7H3,(H,53,54)/t34-,36+,37-,38+,41+,44-,45+,46+,47+,48-/m0/s1. The number of hydrogen-bond acceptors (Lipinski definition) is 7. The van der Waals surface area contributed by atoms with E-state index in [1.165, 1.54) is 80.2 Å². The number of ether oxygens (including phenoxy) is 1. The van der Waals surface area contributed by atoms with Gasteiger partial charge in [0.15, 0.2) is 9.84 Å². The fourth-order valence-electron chi connectivity index (χ4n) is 15.3. The Balaban J connectivity index is 1.01. The van der Waals surface area contributed by atoms with Gasteiger partial charge < -0.3 is 20.1 Å². The molecular weight excluding hydrogens is 750 g/mol. The van der Waals surface area contributed by atoms with Crippen LogP contribution in [-0.4, -0.2) is 79.2 Å². The molecule has 1 saturated heterocycles. The summed E-state index contributed by atoms with van der Waals surface area (Å²) in [5.74, 6) is 2.10. The lowest BCUT2D eigenvalue weighted by Gasteiger charge is -2.72. The number of aliphatic carboxylic acids is 1. The number of carbonyl (C=O) groups is 1. The molecule has 2 heterocycles. The van der Waals surface area contributed by atoms with E-state index in [1.54, 1.807) is 6.07 Å². The smallest absolute Gasteiger partial charge is 0.313 e. The number of rotatable bonds is 10. The SMILES string of the molecule is C=C(C)[C@@H]1CC[C@]2(NCCN3CCS(=O)(=O)CC3)CC[C@]3(C)[C@H](CC[C@@H]4[C@@]5(C)CC=C(C6=CC[C@@](COc7cccc(F)n7)(C(=O)O)CC6)C(C)(C)[C@@H]5CC[C@]43C)[C@@H]12. The average molecular weight is 820 g/mol. The second-order valence-corrected chi connectivity index (χ2v) is 23.7. The molecule has 0 bridgehead atoms. The fourth-order valence-corrected chi connectivity index (χ4v) is 16.5. The van der Waals surface area contributed by atoms with Gasteiger partial charge in [-0.05, 0) is 152 Å². The molecule has 10 atom stereocenters. The molecular formula is C48H70FN3O5S. The van der Waals surface area contributed by atoms with E-state index in [4.69, 9.17) is 4.74 Å². The minimum atomic E-state index is -2.88. The average Bonchev–Trinajstić information content (AvgIpc) is 3.55. The number of nitrogens with one attached hydrogen (secondary N) is 1. The maximum Gasteiger partial charge on any atom is 0.313 e. The second-order valence-electron chi connectivity index (χ2n) is 21.4. The third-order valence-electron chi connectivity index (χ3n) is 18.6. The van der Waals surface area contributed by atoms with Crippen LogP contribution in [0.2, 0.25) is 0 Å². The fraction of sp³-hybridized carbons (Fsp3) is 0.750. The summed E-state index contributed by atoms with van der Waals surface area (Å²) in [6.07, 6.45) is 17.2. The van der Waals surface area contributed by atoms with Crippen LogP contribution in [0.3, 0.4) is 0 Å². The van der Waals surface area contributed by atoms with Crippen LogP contribution in [0, 0.1) is 62.6 Å². The molecule has 6 aliphatic carbocycles. The Bertz CT molecular complexity index is 1970. The van der Waals surface area contributed by atoms with Crippen molar-refractivity contribution in [3.63, 3.8) is 0 Å². The van der Waals surface area contributed by atoms with Crippen LogP contribution in [0.5, 0.6) is 5.88 Å². The molecule has 2 N–H and O–H groups in total. The zero-order valence-electron chi connectivity index (χ0n) is 36.2. The normalized spacial score (nSPS) is 41.8. The molecule has 10 heteroatoms. The molecule has 1 aromatic heterocycles. The number of carboxylic acids is 1. The van der Waals surface area contributed by atoms with Gasteiger partial charge >= 0.3 is 5.97 Å². The zero-order valence-corrected chi connectivity index (χ0v) is 37.0. The lowest BCUT2D eigenvalue weighted by Crippen LogP contribution is -2.68. The Morgan fingerprint density at radius 1 is 0.966 bits per heavy atom. The number of aromatic nitrogens is 1. The molecule has 8 rings (SSSR count). The van der Waals surface area contributed by atoms with Gasteiger partial charge in [0.1, 0.15) is 12.0 Å². The van der Waals surface area contributed by atoms with Crippen LogP contribution >= 0.6 is 0 Å². The van der Waals surface area contributed by atoms with E-state index in [-0.39, 0.29) is 51.2 Å². The lowest BCUT2D eigenvalue weighted by atomic mass is 9.33. The summed E-state index contributed by atoms with van der Waals surface area (Å²) < 4.78 is 43.7. The van der Waals surface area contributed by atoms with Crippen molar-refractivity contribution in [2.75, 3.05) is 44.3 Å². The number of allylic oxidation sites excluding steroid dienone is 5. The van der Waals surface area contributed by atoms with Gasteiger partial charge in [-0.2, -0.15) is 9.37 Å². The first-order chi connectivity index (χ1) is 27.3. The quantitative estimate of drug-likeness (QED) is 0.178. The predicted octanol–water partition coefficient (Wildman–Crippen LogP) is 9.05. The van der Waals surface area contributed by atoms with Gasteiger partial charge in [-0.1, -0.05) is 65.0 Å². The van der Waals surface area contributed by atoms with Crippen LogP contribution in [-0.2, 0) is 14.6 Å². The minimum Gasteiger partial charge on any atom is -0.481 e. The molecule has 0 unspecified atom stereocenters. The van der Waals surface area contributed by atoms with E-state index >= 15 is 0 Å². The van der Waals surface area contributed by atoms with Crippen LogP contribution < -0.4 is 10.1 Å². The minimum absolute atomic E-state index is 0.0379. The maximum absolute atomic E-state index is 13.7. The van der Waals surface area contributed by atoms with Gasteiger partial charge in [-0.15, -0.1) is 0 Å². The molecule has 0 aromatic carbocycles. The zero-order chi connectivity index (χ0) is 41.5. The first-order valence-corrected chi connectivity index (χ1v) is 24.3. The summed E-state index contributed by atoms with van der Waals surface area (Å²) in [5.41, 5.74) is 3.73. The Kier molecular flexibility index (Phi) is 10.8. The van der Waals surface area contributed by atoms with E-state index in [0.29, 0.717) is 61.9 Å². The van der Waals surface area contributed by atoms with Crippen LogP contribution in [0.4, 0.5) is 4.39 Å². The van der Waals surface area contributed by atoms with E-state index in [2.05, 4.69) is 75.5 Å². The number of halogens is 1. The largest absolute Gasteiger partial charge is 0.481 e. The third kappa shape index (κ3) is 6.76. The summed E-state index contributed by atoms with van der Waals surface area (Å²) in [5, 5.41) is 14.6. The van der Waals surface area contributed by atoms with Crippen molar-refractivity contribution in [2.45, 2.75) is 124 Å². The van der Waals surface area contributed by atoms with Gasteiger partial charge in [0.05, 0.1) is 11.5 Å². The monoisotopic (exact) mass is 820 g/mol. The number of pyridine rings is 1. The molecule has 5 fully saturated rings. The Morgan fingerprint density at radius 2 is 1.72 bits per heavy atom. The van der Waals surface area contributed by atoms with E-state index in [9.17, 15) is 22.7 Å². The highest BCUT2D eigenvalue weighted by Crippen LogP contribution is 2.76. The molecule has 8 nitrogen and oxygen atoms in total. The van der Waals surface area contributed by atoms with Crippen molar-refractivity contribution in [3.8, 4) is 5.88 Å². The molecule has 58 heavy (non-hydrogen) atoms.